The lowest BCUT2D eigenvalue weighted by atomic mass is 9.90. The molecule has 1 fully saturated rings. The molecule has 4 nitrogen and oxygen atoms in total. The Labute approximate surface area is 103 Å². The maximum absolute atomic E-state index is 10.8. The third kappa shape index (κ3) is 2.47. The summed E-state index contributed by atoms with van der Waals surface area (Å²) in [6.45, 7) is 0. The fourth-order valence-electron chi connectivity index (χ4n) is 2.12. The maximum atomic E-state index is 10.8. The van der Waals surface area contributed by atoms with Gasteiger partial charge in [-0.3, -0.25) is 4.79 Å². The van der Waals surface area contributed by atoms with Crippen molar-refractivity contribution in [2.45, 2.75) is 25.2 Å². The molecule has 1 aliphatic carbocycles. The van der Waals surface area contributed by atoms with Crippen LogP contribution >= 0.6 is 11.6 Å². The molecule has 1 aromatic rings. The van der Waals surface area contributed by atoms with E-state index in [1.807, 2.05) is 0 Å². The van der Waals surface area contributed by atoms with E-state index in [1.165, 1.54) is 12.1 Å². The van der Waals surface area contributed by atoms with Crippen LogP contribution in [0.3, 0.4) is 0 Å². The maximum Gasteiger partial charge on any atom is 0.303 e. The summed E-state index contributed by atoms with van der Waals surface area (Å²) in [5.74, 6) is -1.58. The third-order valence-corrected chi connectivity index (χ3v) is 3.43. The zero-order valence-electron chi connectivity index (χ0n) is 9.06. The Balaban J connectivity index is 2.41. The second-order valence-corrected chi connectivity index (χ2v) is 4.78. The number of aromatic hydroxyl groups is 2. The largest absolute Gasteiger partial charge is 0.504 e. The number of carboxylic acids is 1. The molecule has 0 radical (unpaired) electrons. The molecule has 0 heterocycles. The summed E-state index contributed by atoms with van der Waals surface area (Å²) in [5.41, 5.74) is 0.358. The van der Waals surface area contributed by atoms with Gasteiger partial charge in [0.2, 0.25) is 0 Å². The summed E-state index contributed by atoms with van der Waals surface area (Å²) in [7, 11) is 0. The van der Waals surface area contributed by atoms with Crippen LogP contribution in [0.5, 0.6) is 11.5 Å². The number of hydrogen-bond donors (Lipinski definition) is 3. The van der Waals surface area contributed by atoms with Gasteiger partial charge in [-0.05, 0) is 30.9 Å². The summed E-state index contributed by atoms with van der Waals surface area (Å²) < 4.78 is 0. The third-order valence-electron chi connectivity index (χ3n) is 3.10. The highest BCUT2D eigenvalue weighted by Gasteiger charge is 2.36. The van der Waals surface area contributed by atoms with Crippen LogP contribution in [0.1, 0.15) is 30.7 Å². The number of phenolic OH excluding ortho intramolecular Hbond substituents is 2. The Kier molecular flexibility index (Phi) is 3.15. The molecule has 5 heteroatoms. The van der Waals surface area contributed by atoms with Crippen molar-refractivity contribution in [1.29, 1.82) is 0 Å². The lowest BCUT2D eigenvalue weighted by Crippen LogP contribution is -2.09. The molecule has 0 spiro atoms. The van der Waals surface area contributed by atoms with E-state index in [9.17, 15) is 15.0 Å². The highest BCUT2D eigenvalue weighted by atomic mass is 35.5. The number of hydrogen-bond acceptors (Lipinski definition) is 3. The first-order valence-corrected chi connectivity index (χ1v) is 5.80. The van der Waals surface area contributed by atoms with Crippen molar-refractivity contribution in [3.63, 3.8) is 0 Å². The molecule has 1 aliphatic rings. The zero-order chi connectivity index (χ0) is 12.6. The SMILES string of the molecule is O=C(O)CC(c1c(Cl)ccc(O)c1O)C1CC1. The van der Waals surface area contributed by atoms with Crippen molar-refractivity contribution in [2.24, 2.45) is 5.92 Å². The van der Waals surface area contributed by atoms with E-state index in [2.05, 4.69) is 0 Å². The number of benzene rings is 1. The van der Waals surface area contributed by atoms with Crippen LogP contribution in [0.4, 0.5) is 0 Å². The summed E-state index contributed by atoms with van der Waals surface area (Å²) in [6, 6.07) is 2.77. The number of carbonyl (C=O) groups is 1. The molecule has 1 saturated carbocycles. The van der Waals surface area contributed by atoms with Crippen LogP contribution in [0.25, 0.3) is 0 Å². The quantitative estimate of drug-likeness (QED) is 0.724. The van der Waals surface area contributed by atoms with Crippen LogP contribution in [0.15, 0.2) is 12.1 Å². The molecule has 2 rings (SSSR count). The Bertz CT molecular complexity index is 454. The van der Waals surface area contributed by atoms with Crippen molar-refractivity contribution >= 4 is 17.6 Å². The molecule has 0 amide bonds. The fourth-order valence-corrected chi connectivity index (χ4v) is 2.41. The van der Waals surface area contributed by atoms with Gasteiger partial charge in [0.25, 0.3) is 0 Å². The molecule has 0 aromatic heterocycles. The summed E-state index contributed by atoms with van der Waals surface area (Å²) in [6.07, 6.45) is 1.79. The van der Waals surface area contributed by atoms with Gasteiger partial charge in [0, 0.05) is 16.5 Å². The minimum absolute atomic E-state index is 0.0819. The van der Waals surface area contributed by atoms with Crippen molar-refractivity contribution < 1.29 is 20.1 Å². The predicted molar refractivity (Wildman–Crippen MR) is 62.5 cm³/mol. The van der Waals surface area contributed by atoms with Gasteiger partial charge in [0.1, 0.15) is 0 Å². The molecule has 1 atom stereocenters. The van der Waals surface area contributed by atoms with E-state index in [0.29, 0.717) is 10.6 Å². The molecule has 0 aliphatic heterocycles. The van der Waals surface area contributed by atoms with E-state index in [1.54, 1.807) is 0 Å². The summed E-state index contributed by atoms with van der Waals surface area (Å²) in [4.78, 5) is 10.8. The van der Waals surface area contributed by atoms with Gasteiger partial charge >= 0.3 is 5.97 Å². The number of rotatable bonds is 4. The van der Waals surface area contributed by atoms with Crippen molar-refractivity contribution in [3.8, 4) is 11.5 Å². The second-order valence-electron chi connectivity index (χ2n) is 4.37. The van der Waals surface area contributed by atoms with E-state index in [4.69, 9.17) is 16.7 Å². The van der Waals surface area contributed by atoms with Gasteiger partial charge in [-0.15, -0.1) is 0 Å². The first-order chi connectivity index (χ1) is 8.00. The van der Waals surface area contributed by atoms with Crippen molar-refractivity contribution in [2.75, 3.05) is 0 Å². The van der Waals surface area contributed by atoms with Gasteiger partial charge in [-0.2, -0.15) is 0 Å². The lowest BCUT2D eigenvalue weighted by molar-refractivity contribution is -0.137. The van der Waals surface area contributed by atoms with E-state index in [-0.39, 0.29) is 29.8 Å². The average Bonchev–Trinajstić information content (AvgIpc) is 3.06. The molecule has 17 heavy (non-hydrogen) atoms. The minimum atomic E-state index is -0.930. The van der Waals surface area contributed by atoms with Crippen LogP contribution in [-0.2, 0) is 4.79 Å². The molecule has 0 saturated heterocycles. The molecular formula is C12H13ClO4. The normalized spacial score (nSPS) is 16.8. The summed E-state index contributed by atoms with van der Waals surface area (Å²) >= 11 is 5.99. The van der Waals surface area contributed by atoms with Crippen molar-refractivity contribution in [1.82, 2.24) is 0 Å². The summed E-state index contributed by atoms with van der Waals surface area (Å²) in [5, 5.41) is 28.5. The number of halogens is 1. The second kappa shape index (κ2) is 4.45. The molecule has 3 N–H and O–H groups in total. The molecular weight excluding hydrogens is 244 g/mol. The van der Waals surface area contributed by atoms with Gasteiger partial charge < -0.3 is 15.3 Å². The van der Waals surface area contributed by atoms with E-state index < -0.39 is 5.97 Å². The number of aliphatic carboxylic acids is 1. The monoisotopic (exact) mass is 256 g/mol. The lowest BCUT2D eigenvalue weighted by Gasteiger charge is -2.18. The van der Waals surface area contributed by atoms with Crippen molar-refractivity contribution in [3.05, 3.63) is 22.7 Å². The minimum Gasteiger partial charge on any atom is -0.504 e. The smallest absolute Gasteiger partial charge is 0.303 e. The highest BCUT2D eigenvalue weighted by molar-refractivity contribution is 6.31. The predicted octanol–water partition coefficient (Wildman–Crippen LogP) is 2.72. The van der Waals surface area contributed by atoms with E-state index >= 15 is 0 Å². The van der Waals surface area contributed by atoms with E-state index in [0.717, 1.165) is 12.8 Å². The van der Waals surface area contributed by atoms with Gasteiger partial charge in [-0.25, -0.2) is 0 Å². The topological polar surface area (TPSA) is 77.8 Å². The average molecular weight is 257 g/mol. The fraction of sp³-hybridized carbons (Fsp3) is 0.417. The molecule has 92 valence electrons. The van der Waals surface area contributed by atoms with Gasteiger partial charge in [-0.1, -0.05) is 11.6 Å². The highest BCUT2D eigenvalue weighted by Crippen LogP contribution is 2.50. The Morgan fingerprint density at radius 2 is 2.06 bits per heavy atom. The number of phenols is 2. The molecule has 1 unspecified atom stereocenters. The first kappa shape index (κ1) is 12.0. The van der Waals surface area contributed by atoms with Crippen LogP contribution in [0.2, 0.25) is 5.02 Å². The molecule has 1 aromatic carbocycles. The molecule has 0 bridgehead atoms. The standard InChI is InChI=1S/C12H13ClO4/c13-8-3-4-9(14)12(17)11(8)7(5-10(15)16)6-1-2-6/h3-4,6-7,14,17H,1-2,5H2,(H,15,16). The van der Waals surface area contributed by atoms with Crippen LogP contribution in [0, 0.1) is 5.92 Å². The van der Waals surface area contributed by atoms with Gasteiger partial charge in [0.05, 0.1) is 6.42 Å². The van der Waals surface area contributed by atoms with Crippen LogP contribution in [-0.4, -0.2) is 21.3 Å². The Morgan fingerprint density at radius 3 is 2.59 bits per heavy atom. The Hall–Kier alpha value is -1.42. The van der Waals surface area contributed by atoms with Crippen LogP contribution < -0.4 is 0 Å². The van der Waals surface area contributed by atoms with Gasteiger partial charge in [0.15, 0.2) is 11.5 Å². The Morgan fingerprint density at radius 1 is 1.41 bits per heavy atom. The first-order valence-electron chi connectivity index (χ1n) is 5.42. The zero-order valence-corrected chi connectivity index (χ0v) is 9.81. The number of carboxylic acid groups (broad SMARTS) is 1.